The molecule has 0 radical (unpaired) electrons. The smallest absolute Gasteiger partial charge is 0.220 e. The second-order valence-corrected chi connectivity index (χ2v) is 4.73. The first-order valence-electron chi connectivity index (χ1n) is 5.99. The Morgan fingerprint density at radius 2 is 1.56 bits per heavy atom. The maximum atomic E-state index is 12.2. The molecule has 1 N–H and O–H groups in total. The largest absolute Gasteiger partial charge is 0.359 e. The molecule has 0 spiro atoms. The van der Waals surface area contributed by atoms with E-state index in [1.807, 2.05) is 0 Å². The molecule has 4 nitrogen and oxygen atoms in total. The summed E-state index contributed by atoms with van der Waals surface area (Å²) in [5.41, 5.74) is 1.95. The Labute approximate surface area is 107 Å². The molecule has 1 atom stereocenters. The number of hydrogen-bond acceptors (Lipinski definition) is 3. The van der Waals surface area contributed by atoms with Gasteiger partial charge in [0.1, 0.15) is 0 Å². The van der Waals surface area contributed by atoms with Gasteiger partial charge < -0.3 is 5.32 Å². The summed E-state index contributed by atoms with van der Waals surface area (Å²) < 4.78 is 0. The molecule has 1 aliphatic rings. The second-order valence-electron chi connectivity index (χ2n) is 4.73. The molecular formula is C14H19NO3. The van der Waals surface area contributed by atoms with Crippen LogP contribution in [-0.2, 0) is 14.4 Å². The fourth-order valence-electron chi connectivity index (χ4n) is 2.19. The Balaban J connectivity index is 3.12. The lowest BCUT2D eigenvalue weighted by Crippen LogP contribution is -2.27. The summed E-state index contributed by atoms with van der Waals surface area (Å²) in [4.78, 5) is 35.5. The standard InChI is InChI=1S/C14H19NO3/c1-7(6-11(16)15-5)12-10(4)13(17)8(2)9(3)14(12)18/h7H,6H2,1-5H3,(H,15,16). The van der Waals surface area contributed by atoms with E-state index in [-0.39, 0.29) is 29.8 Å². The van der Waals surface area contributed by atoms with Crippen LogP contribution in [0.2, 0.25) is 0 Å². The van der Waals surface area contributed by atoms with Crippen LogP contribution in [0.25, 0.3) is 0 Å². The predicted octanol–water partition coefficient (Wildman–Crippen LogP) is 1.56. The minimum absolute atomic E-state index is 0.0918. The van der Waals surface area contributed by atoms with E-state index in [0.717, 1.165) is 0 Å². The monoisotopic (exact) mass is 249 g/mol. The summed E-state index contributed by atoms with van der Waals surface area (Å²) in [5.74, 6) is -0.580. The summed E-state index contributed by atoms with van der Waals surface area (Å²) >= 11 is 0. The van der Waals surface area contributed by atoms with E-state index in [9.17, 15) is 14.4 Å². The maximum absolute atomic E-state index is 12.2. The van der Waals surface area contributed by atoms with Gasteiger partial charge in [0, 0.05) is 35.8 Å². The lowest BCUT2D eigenvalue weighted by Gasteiger charge is -2.22. The van der Waals surface area contributed by atoms with Gasteiger partial charge in [-0.05, 0) is 26.7 Å². The van der Waals surface area contributed by atoms with Crippen molar-refractivity contribution in [1.82, 2.24) is 5.32 Å². The molecule has 0 bridgehead atoms. The first-order valence-corrected chi connectivity index (χ1v) is 5.99. The first-order chi connectivity index (χ1) is 8.31. The van der Waals surface area contributed by atoms with Gasteiger partial charge in [-0.3, -0.25) is 14.4 Å². The van der Waals surface area contributed by atoms with Gasteiger partial charge in [-0.15, -0.1) is 0 Å². The van der Waals surface area contributed by atoms with Crippen molar-refractivity contribution in [2.24, 2.45) is 5.92 Å². The Bertz CT molecular complexity index is 483. The average Bonchev–Trinajstić information content (AvgIpc) is 2.34. The molecule has 0 aromatic rings. The van der Waals surface area contributed by atoms with Gasteiger partial charge in [0.15, 0.2) is 11.6 Å². The molecule has 0 heterocycles. The third-order valence-corrected chi connectivity index (χ3v) is 3.50. The minimum atomic E-state index is -0.246. The van der Waals surface area contributed by atoms with Crippen LogP contribution >= 0.6 is 0 Å². The zero-order chi connectivity index (χ0) is 14.0. The highest BCUT2D eigenvalue weighted by molar-refractivity contribution is 6.24. The molecule has 1 amide bonds. The van der Waals surface area contributed by atoms with Gasteiger partial charge in [-0.2, -0.15) is 0 Å². The molecule has 0 aromatic carbocycles. The number of rotatable bonds is 3. The Kier molecular flexibility index (Phi) is 4.22. The van der Waals surface area contributed by atoms with Crippen molar-refractivity contribution in [2.75, 3.05) is 7.05 Å². The normalized spacial score (nSPS) is 18.3. The van der Waals surface area contributed by atoms with Crippen molar-refractivity contribution in [3.63, 3.8) is 0 Å². The quantitative estimate of drug-likeness (QED) is 0.772. The number of Topliss-reactive ketones (excluding diaryl/α,β-unsaturated/α-hetero) is 2. The van der Waals surface area contributed by atoms with Gasteiger partial charge in [-0.1, -0.05) is 6.92 Å². The summed E-state index contributed by atoms with van der Waals surface area (Å²) in [6.45, 7) is 6.78. The molecular weight excluding hydrogens is 230 g/mol. The molecule has 0 aliphatic heterocycles. The van der Waals surface area contributed by atoms with Crippen molar-refractivity contribution in [1.29, 1.82) is 0 Å². The number of hydrogen-bond donors (Lipinski definition) is 1. The van der Waals surface area contributed by atoms with Gasteiger partial charge in [-0.25, -0.2) is 0 Å². The van der Waals surface area contributed by atoms with Crippen molar-refractivity contribution < 1.29 is 14.4 Å². The lowest BCUT2D eigenvalue weighted by molar-refractivity contribution is -0.121. The number of carbonyl (C=O) groups is 3. The fourth-order valence-corrected chi connectivity index (χ4v) is 2.19. The van der Waals surface area contributed by atoms with Gasteiger partial charge in [0.05, 0.1) is 0 Å². The number of allylic oxidation sites excluding steroid dienone is 4. The third kappa shape index (κ3) is 2.42. The highest BCUT2D eigenvalue weighted by Gasteiger charge is 2.31. The topological polar surface area (TPSA) is 63.2 Å². The summed E-state index contributed by atoms with van der Waals surface area (Å²) in [7, 11) is 1.55. The highest BCUT2D eigenvalue weighted by atomic mass is 16.2. The van der Waals surface area contributed by atoms with Crippen molar-refractivity contribution in [2.45, 2.75) is 34.1 Å². The fraction of sp³-hybridized carbons (Fsp3) is 0.500. The average molecular weight is 249 g/mol. The maximum Gasteiger partial charge on any atom is 0.220 e. The Morgan fingerprint density at radius 1 is 1.06 bits per heavy atom. The van der Waals surface area contributed by atoms with Gasteiger partial charge in [0.25, 0.3) is 0 Å². The van der Waals surface area contributed by atoms with Crippen LogP contribution in [0.15, 0.2) is 22.3 Å². The third-order valence-electron chi connectivity index (χ3n) is 3.50. The number of nitrogens with one attached hydrogen (secondary N) is 1. The number of carbonyl (C=O) groups excluding carboxylic acids is 3. The molecule has 0 fully saturated rings. The zero-order valence-corrected chi connectivity index (χ0v) is 11.5. The van der Waals surface area contributed by atoms with Crippen LogP contribution in [0, 0.1) is 5.92 Å². The molecule has 1 aliphatic carbocycles. The van der Waals surface area contributed by atoms with Gasteiger partial charge in [0.2, 0.25) is 5.91 Å². The molecule has 18 heavy (non-hydrogen) atoms. The van der Waals surface area contributed by atoms with E-state index in [1.54, 1.807) is 34.7 Å². The second kappa shape index (κ2) is 5.29. The highest BCUT2D eigenvalue weighted by Crippen LogP contribution is 2.30. The first kappa shape index (κ1) is 14.4. The van der Waals surface area contributed by atoms with E-state index in [4.69, 9.17) is 0 Å². The Hall–Kier alpha value is -1.71. The minimum Gasteiger partial charge on any atom is -0.359 e. The van der Waals surface area contributed by atoms with Gasteiger partial charge >= 0.3 is 0 Å². The van der Waals surface area contributed by atoms with Crippen molar-refractivity contribution in [3.8, 4) is 0 Å². The lowest BCUT2D eigenvalue weighted by atomic mass is 9.79. The number of ketones is 2. The SMILES string of the molecule is CNC(=O)CC(C)C1=C(C)C(=O)C(C)=C(C)C1=O. The summed E-state index contributed by atoms with van der Waals surface area (Å²) in [6, 6.07) is 0. The van der Waals surface area contributed by atoms with E-state index in [1.165, 1.54) is 0 Å². The molecule has 0 saturated carbocycles. The van der Waals surface area contributed by atoms with Crippen LogP contribution in [0.1, 0.15) is 34.1 Å². The molecule has 0 saturated heterocycles. The van der Waals surface area contributed by atoms with Crippen LogP contribution in [0.4, 0.5) is 0 Å². The molecule has 98 valence electrons. The molecule has 4 heteroatoms. The van der Waals surface area contributed by atoms with Crippen LogP contribution in [0.3, 0.4) is 0 Å². The van der Waals surface area contributed by atoms with Crippen molar-refractivity contribution >= 4 is 17.5 Å². The van der Waals surface area contributed by atoms with E-state index >= 15 is 0 Å². The predicted molar refractivity (Wildman–Crippen MR) is 68.9 cm³/mol. The molecule has 1 rings (SSSR count). The van der Waals surface area contributed by atoms with Crippen LogP contribution < -0.4 is 5.32 Å². The zero-order valence-electron chi connectivity index (χ0n) is 11.5. The molecule has 0 aromatic heterocycles. The van der Waals surface area contributed by atoms with Crippen LogP contribution in [-0.4, -0.2) is 24.5 Å². The summed E-state index contributed by atoms with van der Waals surface area (Å²) in [6.07, 6.45) is 0.217. The molecule has 1 unspecified atom stereocenters. The van der Waals surface area contributed by atoms with Crippen LogP contribution in [0.5, 0.6) is 0 Å². The summed E-state index contributed by atoms with van der Waals surface area (Å²) in [5, 5.41) is 2.53. The van der Waals surface area contributed by atoms with Crippen molar-refractivity contribution in [3.05, 3.63) is 22.3 Å². The van der Waals surface area contributed by atoms with E-state index < -0.39 is 0 Å². The Morgan fingerprint density at radius 3 is 2.06 bits per heavy atom. The number of amides is 1. The van der Waals surface area contributed by atoms with E-state index in [0.29, 0.717) is 22.3 Å². The van der Waals surface area contributed by atoms with E-state index in [2.05, 4.69) is 5.32 Å².